The van der Waals surface area contributed by atoms with E-state index in [2.05, 4.69) is 15.9 Å². The summed E-state index contributed by atoms with van der Waals surface area (Å²) in [5.41, 5.74) is 6.82. The fraction of sp³-hybridized carbons (Fsp3) is 0.533. The molecule has 1 aliphatic carbocycles. The molecule has 0 amide bonds. The molecule has 19 heavy (non-hydrogen) atoms. The van der Waals surface area contributed by atoms with Crippen LogP contribution < -0.4 is 10.5 Å². The summed E-state index contributed by atoms with van der Waals surface area (Å²) in [6.45, 7) is 0.619. The molecular formula is C15H20BrNO2. The minimum absolute atomic E-state index is 0.0797. The molecule has 0 radical (unpaired) electrons. The largest absolute Gasteiger partial charge is 0.496 e. The van der Waals surface area contributed by atoms with Gasteiger partial charge in [-0.25, -0.2) is 0 Å². The molecule has 3 nitrogen and oxygen atoms in total. The van der Waals surface area contributed by atoms with E-state index < -0.39 is 0 Å². The molecule has 4 heteroatoms. The Labute approximate surface area is 122 Å². The van der Waals surface area contributed by atoms with Gasteiger partial charge in [-0.3, -0.25) is 4.79 Å². The predicted octanol–water partition coefficient (Wildman–Crippen LogP) is 3.09. The van der Waals surface area contributed by atoms with Crippen LogP contribution in [0.1, 0.15) is 31.2 Å². The Morgan fingerprint density at radius 3 is 2.74 bits per heavy atom. The molecule has 1 fully saturated rings. The van der Waals surface area contributed by atoms with Gasteiger partial charge in [0.1, 0.15) is 11.5 Å². The van der Waals surface area contributed by atoms with Gasteiger partial charge in [0, 0.05) is 22.9 Å². The lowest BCUT2D eigenvalue weighted by atomic mass is 9.65. The first-order valence-corrected chi connectivity index (χ1v) is 7.42. The van der Waals surface area contributed by atoms with Crippen molar-refractivity contribution in [3.63, 3.8) is 0 Å². The Hall–Kier alpha value is -0.870. The van der Waals surface area contributed by atoms with Crippen LogP contribution in [0, 0.1) is 5.41 Å². The molecular weight excluding hydrogens is 306 g/mol. The second-order valence-corrected chi connectivity index (χ2v) is 6.32. The van der Waals surface area contributed by atoms with Gasteiger partial charge in [-0.1, -0.05) is 22.4 Å². The van der Waals surface area contributed by atoms with E-state index in [0.29, 0.717) is 19.4 Å². The van der Waals surface area contributed by atoms with Gasteiger partial charge in [0.05, 0.1) is 7.11 Å². The highest BCUT2D eigenvalue weighted by Crippen LogP contribution is 2.43. The van der Waals surface area contributed by atoms with Crippen LogP contribution in [-0.2, 0) is 11.2 Å². The molecule has 0 bridgehead atoms. The van der Waals surface area contributed by atoms with Crippen molar-refractivity contribution in [2.24, 2.45) is 11.1 Å². The Balaban J connectivity index is 2.04. The van der Waals surface area contributed by atoms with Crippen LogP contribution in [0.5, 0.6) is 5.75 Å². The highest BCUT2D eigenvalue weighted by atomic mass is 79.9. The summed E-state index contributed by atoms with van der Waals surface area (Å²) in [4.78, 5) is 12.2. The van der Waals surface area contributed by atoms with Crippen LogP contribution in [-0.4, -0.2) is 19.4 Å². The van der Waals surface area contributed by atoms with Crippen LogP contribution in [0.4, 0.5) is 0 Å². The smallest absolute Gasteiger partial charge is 0.138 e. The molecule has 0 heterocycles. The summed E-state index contributed by atoms with van der Waals surface area (Å²) in [6, 6.07) is 5.75. The van der Waals surface area contributed by atoms with Crippen LogP contribution in [0.3, 0.4) is 0 Å². The number of nitrogens with two attached hydrogens (primary N) is 1. The number of methoxy groups -OCH3 is 1. The SMILES string of the molecule is COc1ccc(Br)cc1CC(=O)CC1(CN)CCC1. The van der Waals surface area contributed by atoms with Crippen molar-refractivity contribution in [3.8, 4) is 5.75 Å². The highest BCUT2D eigenvalue weighted by molar-refractivity contribution is 9.10. The van der Waals surface area contributed by atoms with E-state index in [-0.39, 0.29) is 11.2 Å². The van der Waals surface area contributed by atoms with Crippen molar-refractivity contribution in [2.45, 2.75) is 32.1 Å². The molecule has 2 N–H and O–H groups in total. The van der Waals surface area contributed by atoms with E-state index in [1.54, 1.807) is 7.11 Å². The number of ether oxygens (including phenoxy) is 1. The van der Waals surface area contributed by atoms with Gasteiger partial charge in [0.2, 0.25) is 0 Å². The van der Waals surface area contributed by atoms with E-state index in [1.807, 2.05) is 18.2 Å². The van der Waals surface area contributed by atoms with Crippen molar-refractivity contribution in [1.29, 1.82) is 0 Å². The number of rotatable bonds is 6. The fourth-order valence-corrected chi connectivity index (χ4v) is 3.12. The molecule has 0 atom stereocenters. The number of benzene rings is 1. The zero-order valence-corrected chi connectivity index (χ0v) is 12.8. The second-order valence-electron chi connectivity index (χ2n) is 5.41. The average molecular weight is 326 g/mol. The van der Waals surface area contributed by atoms with Crippen molar-refractivity contribution in [3.05, 3.63) is 28.2 Å². The van der Waals surface area contributed by atoms with Crippen molar-refractivity contribution >= 4 is 21.7 Å². The third kappa shape index (κ3) is 3.37. The summed E-state index contributed by atoms with van der Waals surface area (Å²) in [5.74, 6) is 1.02. The Bertz CT molecular complexity index is 464. The Morgan fingerprint density at radius 1 is 1.47 bits per heavy atom. The van der Waals surface area contributed by atoms with Gasteiger partial charge in [-0.05, 0) is 43.0 Å². The van der Waals surface area contributed by atoms with Crippen LogP contribution in [0.25, 0.3) is 0 Å². The van der Waals surface area contributed by atoms with Crippen molar-refractivity contribution in [1.82, 2.24) is 0 Å². The monoisotopic (exact) mass is 325 g/mol. The molecule has 1 aliphatic rings. The Morgan fingerprint density at radius 2 is 2.21 bits per heavy atom. The average Bonchev–Trinajstić information content (AvgIpc) is 2.34. The molecule has 0 unspecified atom stereocenters. The molecule has 1 aromatic carbocycles. The lowest BCUT2D eigenvalue weighted by Gasteiger charge is -2.40. The van der Waals surface area contributed by atoms with E-state index in [9.17, 15) is 4.79 Å². The van der Waals surface area contributed by atoms with Gasteiger partial charge in [0.25, 0.3) is 0 Å². The summed E-state index contributed by atoms with van der Waals surface area (Å²) in [6.07, 6.45) is 4.39. The van der Waals surface area contributed by atoms with Gasteiger partial charge in [-0.2, -0.15) is 0 Å². The number of hydrogen-bond donors (Lipinski definition) is 1. The number of ketones is 1. The first-order chi connectivity index (χ1) is 9.08. The summed E-state index contributed by atoms with van der Waals surface area (Å²) < 4.78 is 6.27. The normalized spacial score (nSPS) is 16.8. The molecule has 0 spiro atoms. The number of Topliss-reactive ketones (excluding diaryl/α,β-unsaturated/α-hetero) is 1. The molecule has 0 aliphatic heterocycles. The molecule has 1 aromatic rings. The highest BCUT2D eigenvalue weighted by Gasteiger charge is 2.37. The fourth-order valence-electron chi connectivity index (χ4n) is 2.71. The lowest BCUT2D eigenvalue weighted by Crippen LogP contribution is -2.39. The topological polar surface area (TPSA) is 52.3 Å². The molecule has 2 rings (SSSR count). The number of carbonyl (C=O) groups is 1. The Kier molecular flexibility index (Phi) is 4.63. The van der Waals surface area contributed by atoms with Crippen LogP contribution >= 0.6 is 15.9 Å². The van der Waals surface area contributed by atoms with Crippen LogP contribution in [0.15, 0.2) is 22.7 Å². The number of halogens is 1. The number of hydrogen-bond acceptors (Lipinski definition) is 3. The number of carbonyl (C=O) groups excluding carboxylic acids is 1. The molecule has 0 aromatic heterocycles. The van der Waals surface area contributed by atoms with Crippen molar-refractivity contribution < 1.29 is 9.53 Å². The van der Waals surface area contributed by atoms with E-state index in [0.717, 1.165) is 28.6 Å². The maximum absolute atomic E-state index is 12.2. The maximum Gasteiger partial charge on any atom is 0.138 e. The third-order valence-corrected chi connectivity index (χ3v) is 4.54. The first kappa shape index (κ1) is 14.5. The minimum Gasteiger partial charge on any atom is -0.496 e. The first-order valence-electron chi connectivity index (χ1n) is 6.63. The quantitative estimate of drug-likeness (QED) is 0.874. The van der Waals surface area contributed by atoms with Crippen molar-refractivity contribution in [2.75, 3.05) is 13.7 Å². The summed E-state index contributed by atoms with van der Waals surface area (Å²) in [5, 5.41) is 0. The standard InChI is InChI=1S/C15H20BrNO2/c1-19-14-4-3-12(16)7-11(14)8-13(18)9-15(10-17)5-2-6-15/h3-4,7H,2,5-6,8-10,17H2,1H3. The second kappa shape index (κ2) is 6.06. The zero-order valence-electron chi connectivity index (χ0n) is 11.2. The predicted molar refractivity (Wildman–Crippen MR) is 79.4 cm³/mol. The maximum atomic E-state index is 12.2. The van der Waals surface area contributed by atoms with Crippen LogP contribution in [0.2, 0.25) is 0 Å². The summed E-state index contributed by atoms with van der Waals surface area (Å²) in [7, 11) is 1.63. The van der Waals surface area contributed by atoms with E-state index in [1.165, 1.54) is 6.42 Å². The molecule has 104 valence electrons. The van der Waals surface area contributed by atoms with Gasteiger partial charge >= 0.3 is 0 Å². The van der Waals surface area contributed by atoms with E-state index >= 15 is 0 Å². The zero-order chi connectivity index (χ0) is 13.9. The van der Waals surface area contributed by atoms with Gasteiger partial charge in [-0.15, -0.1) is 0 Å². The van der Waals surface area contributed by atoms with Gasteiger partial charge in [0.15, 0.2) is 0 Å². The van der Waals surface area contributed by atoms with Gasteiger partial charge < -0.3 is 10.5 Å². The molecule has 1 saturated carbocycles. The molecule has 0 saturated heterocycles. The summed E-state index contributed by atoms with van der Waals surface area (Å²) >= 11 is 3.43. The lowest BCUT2D eigenvalue weighted by molar-refractivity contribution is -0.122. The third-order valence-electron chi connectivity index (χ3n) is 4.05. The van der Waals surface area contributed by atoms with E-state index in [4.69, 9.17) is 10.5 Å². The minimum atomic E-state index is 0.0797.